The highest BCUT2D eigenvalue weighted by atomic mass is 35.5. The van der Waals surface area contributed by atoms with Crippen LogP contribution in [0, 0.1) is 0 Å². The predicted molar refractivity (Wildman–Crippen MR) is 80.9 cm³/mol. The molecule has 1 aliphatic carbocycles. The third-order valence-electron chi connectivity index (χ3n) is 3.56. The molecule has 0 bridgehead atoms. The molecule has 0 radical (unpaired) electrons. The molecule has 2 rings (SSSR count). The quantitative estimate of drug-likeness (QED) is 0.855. The number of nitrogens with one attached hydrogen (secondary N) is 1. The molecule has 0 unspecified atom stereocenters. The van der Waals surface area contributed by atoms with Crippen LogP contribution in [0.2, 0.25) is 5.02 Å². The predicted octanol–water partition coefficient (Wildman–Crippen LogP) is 4.55. The molecule has 0 heterocycles. The van der Waals surface area contributed by atoms with Crippen LogP contribution in [-0.4, -0.2) is 12.1 Å². The van der Waals surface area contributed by atoms with Crippen LogP contribution in [0.5, 0.6) is 5.75 Å². The van der Waals surface area contributed by atoms with Gasteiger partial charge in [0.25, 0.3) is 0 Å². The van der Waals surface area contributed by atoms with Crippen LogP contribution in [-0.2, 0) is 6.54 Å². The largest absolute Gasteiger partial charge is 0.489 e. The Morgan fingerprint density at radius 3 is 2.63 bits per heavy atom. The van der Waals surface area contributed by atoms with Crippen molar-refractivity contribution in [1.82, 2.24) is 5.32 Å². The van der Waals surface area contributed by atoms with Crippen molar-refractivity contribution in [3.63, 3.8) is 0 Å². The number of ether oxygens (including phenoxy) is 1. The van der Waals surface area contributed by atoms with Crippen LogP contribution in [0.1, 0.15) is 51.5 Å². The number of hydrogen-bond donors (Lipinski definition) is 1. The minimum Gasteiger partial charge on any atom is -0.489 e. The van der Waals surface area contributed by atoms with Crippen LogP contribution in [0.15, 0.2) is 18.2 Å². The van der Waals surface area contributed by atoms with Gasteiger partial charge in [-0.25, -0.2) is 0 Å². The first-order valence-corrected chi connectivity index (χ1v) is 7.71. The van der Waals surface area contributed by atoms with E-state index in [0.717, 1.165) is 30.2 Å². The van der Waals surface area contributed by atoms with Gasteiger partial charge < -0.3 is 10.1 Å². The van der Waals surface area contributed by atoms with Gasteiger partial charge in [0.05, 0.1) is 11.1 Å². The van der Waals surface area contributed by atoms with Gasteiger partial charge in [-0.3, -0.25) is 0 Å². The number of halogens is 1. The third-order valence-corrected chi connectivity index (χ3v) is 3.85. The van der Waals surface area contributed by atoms with Crippen molar-refractivity contribution in [3.8, 4) is 5.75 Å². The molecule has 0 aromatic heterocycles. The van der Waals surface area contributed by atoms with Gasteiger partial charge in [0, 0.05) is 12.6 Å². The van der Waals surface area contributed by atoms with Gasteiger partial charge in [0.15, 0.2) is 0 Å². The topological polar surface area (TPSA) is 21.3 Å². The van der Waals surface area contributed by atoms with Crippen molar-refractivity contribution in [2.75, 3.05) is 0 Å². The first-order valence-electron chi connectivity index (χ1n) is 7.33. The molecule has 0 spiro atoms. The summed E-state index contributed by atoms with van der Waals surface area (Å²) in [5.74, 6) is 0.835. The first-order chi connectivity index (χ1) is 9.15. The van der Waals surface area contributed by atoms with E-state index >= 15 is 0 Å². The van der Waals surface area contributed by atoms with Crippen molar-refractivity contribution < 1.29 is 4.74 Å². The molecule has 2 nitrogen and oxygen atoms in total. The lowest BCUT2D eigenvalue weighted by Gasteiger charge is -2.23. The van der Waals surface area contributed by atoms with Gasteiger partial charge >= 0.3 is 0 Å². The Hall–Kier alpha value is -0.730. The molecular weight excluding hydrogens is 258 g/mol. The van der Waals surface area contributed by atoms with E-state index in [0.29, 0.717) is 12.1 Å². The Labute approximate surface area is 121 Å². The molecule has 1 saturated carbocycles. The maximum absolute atomic E-state index is 6.31. The molecule has 0 amide bonds. The molecule has 106 valence electrons. The molecule has 1 aromatic carbocycles. The Bertz CT molecular complexity index is 400. The summed E-state index contributed by atoms with van der Waals surface area (Å²) in [5.41, 5.74) is 1.20. The van der Waals surface area contributed by atoms with E-state index in [1.807, 2.05) is 12.1 Å². The average Bonchev–Trinajstić information content (AvgIpc) is 2.40. The fourth-order valence-electron chi connectivity index (χ4n) is 2.43. The SMILES string of the molecule is CC(C)NCc1ccc(OC2CCCCC2)c(Cl)c1. The van der Waals surface area contributed by atoms with Gasteiger partial charge in [-0.2, -0.15) is 0 Å². The minimum atomic E-state index is 0.353. The van der Waals surface area contributed by atoms with Crippen molar-refractivity contribution in [1.29, 1.82) is 0 Å². The monoisotopic (exact) mass is 281 g/mol. The molecular formula is C16H24ClNO. The van der Waals surface area contributed by atoms with Crippen LogP contribution >= 0.6 is 11.6 Å². The van der Waals surface area contributed by atoms with E-state index in [1.54, 1.807) is 0 Å². The molecule has 1 aromatic rings. The Kier molecular flexibility index (Phi) is 5.53. The fraction of sp³-hybridized carbons (Fsp3) is 0.625. The normalized spacial score (nSPS) is 16.8. The first kappa shape index (κ1) is 14.7. The Balaban J connectivity index is 1.94. The van der Waals surface area contributed by atoms with Gasteiger partial charge in [-0.15, -0.1) is 0 Å². The maximum atomic E-state index is 6.31. The number of hydrogen-bond acceptors (Lipinski definition) is 2. The highest BCUT2D eigenvalue weighted by Gasteiger charge is 2.16. The molecule has 1 N–H and O–H groups in total. The van der Waals surface area contributed by atoms with Gasteiger partial charge in [-0.1, -0.05) is 37.9 Å². The zero-order valence-electron chi connectivity index (χ0n) is 11.9. The summed E-state index contributed by atoms with van der Waals surface area (Å²) in [6.07, 6.45) is 6.57. The summed E-state index contributed by atoms with van der Waals surface area (Å²) in [5, 5.41) is 4.12. The fourth-order valence-corrected chi connectivity index (χ4v) is 2.68. The molecule has 19 heavy (non-hydrogen) atoms. The second-order valence-electron chi connectivity index (χ2n) is 5.68. The summed E-state index contributed by atoms with van der Waals surface area (Å²) < 4.78 is 6.01. The minimum absolute atomic E-state index is 0.353. The standard InChI is InChI=1S/C16H24ClNO/c1-12(2)18-11-13-8-9-16(15(17)10-13)19-14-6-4-3-5-7-14/h8-10,12,14,18H,3-7,11H2,1-2H3. The highest BCUT2D eigenvalue weighted by Crippen LogP contribution is 2.29. The lowest BCUT2D eigenvalue weighted by atomic mass is 9.98. The maximum Gasteiger partial charge on any atom is 0.138 e. The van der Waals surface area contributed by atoms with Crippen molar-refractivity contribution in [2.45, 2.75) is 64.6 Å². The van der Waals surface area contributed by atoms with Crippen molar-refractivity contribution >= 4 is 11.6 Å². The van der Waals surface area contributed by atoms with E-state index in [-0.39, 0.29) is 0 Å². The smallest absolute Gasteiger partial charge is 0.138 e. The van der Waals surface area contributed by atoms with Gasteiger partial charge in [-0.05, 0) is 43.4 Å². The van der Waals surface area contributed by atoms with Gasteiger partial charge in [0.2, 0.25) is 0 Å². The van der Waals surface area contributed by atoms with Crippen LogP contribution < -0.4 is 10.1 Å². The summed E-state index contributed by atoms with van der Waals surface area (Å²) in [6.45, 7) is 5.13. The second kappa shape index (κ2) is 7.16. The van der Waals surface area contributed by atoms with Crippen LogP contribution in [0.25, 0.3) is 0 Å². The van der Waals surface area contributed by atoms with Crippen LogP contribution in [0.4, 0.5) is 0 Å². The molecule has 1 fully saturated rings. The molecule has 0 atom stereocenters. The summed E-state index contributed by atoms with van der Waals surface area (Å²) in [7, 11) is 0. The Morgan fingerprint density at radius 2 is 2.00 bits per heavy atom. The summed E-state index contributed by atoms with van der Waals surface area (Å²) in [4.78, 5) is 0. The van der Waals surface area contributed by atoms with E-state index in [9.17, 15) is 0 Å². The average molecular weight is 282 g/mol. The van der Waals surface area contributed by atoms with Crippen molar-refractivity contribution in [3.05, 3.63) is 28.8 Å². The molecule has 1 aliphatic rings. The van der Waals surface area contributed by atoms with E-state index in [2.05, 4.69) is 25.2 Å². The molecule has 3 heteroatoms. The van der Waals surface area contributed by atoms with Crippen molar-refractivity contribution in [2.24, 2.45) is 0 Å². The van der Waals surface area contributed by atoms with E-state index in [1.165, 1.54) is 24.8 Å². The lowest BCUT2D eigenvalue weighted by molar-refractivity contribution is 0.155. The summed E-state index contributed by atoms with van der Waals surface area (Å²) >= 11 is 6.31. The zero-order valence-corrected chi connectivity index (χ0v) is 12.7. The van der Waals surface area contributed by atoms with E-state index < -0.39 is 0 Å². The molecule has 0 aliphatic heterocycles. The summed E-state index contributed by atoms with van der Waals surface area (Å²) in [6, 6.07) is 6.60. The van der Waals surface area contributed by atoms with Gasteiger partial charge in [0.1, 0.15) is 5.75 Å². The third kappa shape index (κ3) is 4.70. The Morgan fingerprint density at radius 1 is 1.26 bits per heavy atom. The zero-order chi connectivity index (χ0) is 13.7. The number of benzene rings is 1. The highest BCUT2D eigenvalue weighted by molar-refractivity contribution is 6.32. The van der Waals surface area contributed by atoms with E-state index in [4.69, 9.17) is 16.3 Å². The lowest BCUT2D eigenvalue weighted by Crippen LogP contribution is -2.22. The molecule has 0 saturated heterocycles. The van der Waals surface area contributed by atoms with Crippen LogP contribution in [0.3, 0.4) is 0 Å². The second-order valence-corrected chi connectivity index (χ2v) is 6.09. The number of rotatable bonds is 5.